The minimum Gasteiger partial charge on any atom is -0.504 e. The van der Waals surface area contributed by atoms with E-state index in [0.717, 1.165) is 0 Å². The van der Waals surface area contributed by atoms with Gasteiger partial charge in [0, 0.05) is 12.5 Å². The third-order valence-corrected chi connectivity index (χ3v) is 1.68. The zero-order valence-electron chi connectivity index (χ0n) is 8.52. The SMILES string of the molecule is COc1cccc(C=NNC(C)=O)c1O. The Kier molecular flexibility index (Phi) is 3.68. The van der Waals surface area contributed by atoms with Crippen molar-refractivity contribution >= 4 is 12.1 Å². The lowest BCUT2D eigenvalue weighted by molar-refractivity contribution is -0.118. The largest absolute Gasteiger partial charge is 0.504 e. The van der Waals surface area contributed by atoms with Gasteiger partial charge in [-0.3, -0.25) is 4.79 Å². The molecule has 1 amide bonds. The predicted molar refractivity (Wildman–Crippen MR) is 56.1 cm³/mol. The third-order valence-electron chi connectivity index (χ3n) is 1.68. The molecule has 1 aromatic carbocycles. The predicted octanol–water partition coefficient (Wildman–Crippen LogP) is 0.871. The molecule has 2 N–H and O–H groups in total. The fourth-order valence-electron chi connectivity index (χ4n) is 1.00. The van der Waals surface area contributed by atoms with E-state index in [4.69, 9.17) is 4.74 Å². The summed E-state index contributed by atoms with van der Waals surface area (Å²) in [5, 5.41) is 13.3. The molecule has 0 saturated heterocycles. The van der Waals surface area contributed by atoms with Gasteiger partial charge in [0.15, 0.2) is 11.5 Å². The number of hydrogen-bond donors (Lipinski definition) is 2. The molecule has 1 aromatic rings. The summed E-state index contributed by atoms with van der Waals surface area (Å²) in [4.78, 5) is 10.5. The number of ether oxygens (including phenoxy) is 1. The Morgan fingerprint density at radius 1 is 1.60 bits per heavy atom. The molecule has 0 atom stereocenters. The van der Waals surface area contributed by atoms with Crippen LogP contribution < -0.4 is 10.2 Å². The summed E-state index contributed by atoms with van der Waals surface area (Å²) in [6.45, 7) is 1.35. The van der Waals surface area contributed by atoms with Crippen molar-refractivity contribution in [1.29, 1.82) is 0 Å². The van der Waals surface area contributed by atoms with E-state index in [-0.39, 0.29) is 11.7 Å². The molecule has 5 nitrogen and oxygen atoms in total. The van der Waals surface area contributed by atoms with Crippen LogP contribution in [-0.2, 0) is 4.79 Å². The Labute approximate surface area is 87.4 Å². The highest BCUT2D eigenvalue weighted by atomic mass is 16.5. The van der Waals surface area contributed by atoms with Gasteiger partial charge in [-0.1, -0.05) is 6.07 Å². The minimum absolute atomic E-state index is 0.00546. The molecule has 0 unspecified atom stereocenters. The van der Waals surface area contributed by atoms with Gasteiger partial charge < -0.3 is 9.84 Å². The Morgan fingerprint density at radius 2 is 2.33 bits per heavy atom. The molecule has 0 radical (unpaired) electrons. The number of phenolic OH excluding ortho intramolecular Hbond substituents is 1. The summed E-state index contributed by atoms with van der Waals surface area (Å²) in [7, 11) is 1.46. The van der Waals surface area contributed by atoms with E-state index in [9.17, 15) is 9.90 Å². The van der Waals surface area contributed by atoms with Crippen LogP contribution in [0.4, 0.5) is 0 Å². The smallest absolute Gasteiger partial charge is 0.236 e. The van der Waals surface area contributed by atoms with Gasteiger partial charge in [0.1, 0.15) is 0 Å². The van der Waals surface area contributed by atoms with Crippen LogP contribution in [0.25, 0.3) is 0 Å². The fraction of sp³-hybridized carbons (Fsp3) is 0.200. The van der Waals surface area contributed by atoms with Crippen molar-refractivity contribution in [2.45, 2.75) is 6.92 Å². The molecule has 0 aliphatic rings. The number of methoxy groups -OCH3 is 1. The normalized spacial score (nSPS) is 10.3. The highest BCUT2D eigenvalue weighted by Crippen LogP contribution is 2.27. The topological polar surface area (TPSA) is 70.9 Å². The molecule has 0 aliphatic carbocycles. The molecule has 0 bridgehead atoms. The molecule has 1 rings (SSSR count). The number of nitrogens with one attached hydrogen (secondary N) is 1. The minimum atomic E-state index is -0.270. The summed E-state index contributed by atoms with van der Waals surface area (Å²) in [6.07, 6.45) is 1.35. The zero-order chi connectivity index (χ0) is 11.3. The van der Waals surface area contributed by atoms with Crippen molar-refractivity contribution in [2.75, 3.05) is 7.11 Å². The summed E-state index contributed by atoms with van der Waals surface area (Å²) in [6, 6.07) is 5.00. The number of nitrogens with zero attached hydrogens (tertiary/aromatic N) is 1. The van der Waals surface area contributed by atoms with Gasteiger partial charge in [-0.15, -0.1) is 0 Å². The standard InChI is InChI=1S/C10H12N2O3/c1-7(13)12-11-6-8-4-3-5-9(15-2)10(8)14/h3-6,14H,1-2H3,(H,12,13). The Balaban J connectivity index is 2.85. The molecular weight excluding hydrogens is 196 g/mol. The Morgan fingerprint density at radius 3 is 2.93 bits per heavy atom. The van der Waals surface area contributed by atoms with Gasteiger partial charge in [-0.05, 0) is 12.1 Å². The van der Waals surface area contributed by atoms with E-state index >= 15 is 0 Å². The number of carbonyl (C=O) groups excluding carboxylic acids is 1. The number of aromatic hydroxyl groups is 1. The van der Waals surface area contributed by atoms with Crippen LogP contribution in [0.1, 0.15) is 12.5 Å². The van der Waals surface area contributed by atoms with E-state index in [0.29, 0.717) is 11.3 Å². The monoisotopic (exact) mass is 208 g/mol. The molecule has 0 heterocycles. The van der Waals surface area contributed by atoms with E-state index in [1.165, 1.54) is 20.2 Å². The van der Waals surface area contributed by atoms with Crippen molar-refractivity contribution in [1.82, 2.24) is 5.43 Å². The Hall–Kier alpha value is -2.04. The van der Waals surface area contributed by atoms with Crippen molar-refractivity contribution in [3.05, 3.63) is 23.8 Å². The molecule has 80 valence electrons. The first-order valence-corrected chi connectivity index (χ1v) is 4.30. The van der Waals surface area contributed by atoms with Crippen LogP contribution >= 0.6 is 0 Å². The maximum absolute atomic E-state index is 10.5. The van der Waals surface area contributed by atoms with Crippen molar-refractivity contribution in [2.24, 2.45) is 5.10 Å². The average molecular weight is 208 g/mol. The quantitative estimate of drug-likeness (QED) is 0.572. The lowest BCUT2D eigenvalue weighted by Gasteiger charge is -2.04. The van der Waals surface area contributed by atoms with Gasteiger partial charge in [0.05, 0.1) is 13.3 Å². The van der Waals surface area contributed by atoms with Gasteiger partial charge in [-0.25, -0.2) is 5.43 Å². The maximum Gasteiger partial charge on any atom is 0.236 e. The van der Waals surface area contributed by atoms with Crippen LogP contribution in [0.15, 0.2) is 23.3 Å². The first-order valence-electron chi connectivity index (χ1n) is 4.30. The van der Waals surface area contributed by atoms with Crippen LogP contribution in [0, 0.1) is 0 Å². The number of benzene rings is 1. The second kappa shape index (κ2) is 4.99. The van der Waals surface area contributed by atoms with Crippen LogP contribution in [0.2, 0.25) is 0 Å². The molecule has 0 aliphatic heterocycles. The zero-order valence-corrected chi connectivity index (χ0v) is 8.52. The number of amides is 1. The first kappa shape index (κ1) is 11.0. The number of carbonyl (C=O) groups is 1. The molecule has 0 spiro atoms. The molecule has 0 fully saturated rings. The number of para-hydroxylation sites is 1. The van der Waals surface area contributed by atoms with Crippen LogP contribution in [-0.4, -0.2) is 24.3 Å². The number of phenols is 1. The second-order valence-corrected chi connectivity index (χ2v) is 2.82. The lowest BCUT2D eigenvalue weighted by Crippen LogP contribution is -2.12. The van der Waals surface area contributed by atoms with Crippen LogP contribution in [0.5, 0.6) is 11.5 Å². The number of hydrogen-bond acceptors (Lipinski definition) is 4. The van der Waals surface area contributed by atoms with Crippen molar-refractivity contribution < 1.29 is 14.6 Å². The van der Waals surface area contributed by atoms with E-state index < -0.39 is 0 Å². The molecule has 15 heavy (non-hydrogen) atoms. The van der Waals surface area contributed by atoms with Crippen LogP contribution in [0.3, 0.4) is 0 Å². The lowest BCUT2D eigenvalue weighted by atomic mass is 10.2. The number of hydrazone groups is 1. The third kappa shape index (κ3) is 2.98. The molecular formula is C10H12N2O3. The highest BCUT2D eigenvalue weighted by Gasteiger charge is 2.04. The Bertz CT molecular complexity index is 388. The highest BCUT2D eigenvalue weighted by molar-refractivity contribution is 5.85. The maximum atomic E-state index is 10.5. The molecule has 5 heteroatoms. The first-order chi connectivity index (χ1) is 7.15. The molecule has 0 aromatic heterocycles. The van der Waals surface area contributed by atoms with Crippen molar-refractivity contribution in [3.63, 3.8) is 0 Å². The average Bonchev–Trinajstić information content (AvgIpc) is 2.20. The second-order valence-electron chi connectivity index (χ2n) is 2.82. The van der Waals surface area contributed by atoms with E-state index in [1.807, 2.05) is 0 Å². The summed E-state index contributed by atoms with van der Waals surface area (Å²) >= 11 is 0. The van der Waals surface area contributed by atoms with Gasteiger partial charge >= 0.3 is 0 Å². The van der Waals surface area contributed by atoms with Gasteiger partial charge in [0.2, 0.25) is 5.91 Å². The van der Waals surface area contributed by atoms with Gasteiger partial charge in [-0.2, -0.15) is 5.10 Å². The summed E-state index contributed by atoms with van der Waals surface area (Å²) in [5.41, 5.74) is 2.71. The molecule has 0 saturated carbocycles. The van der Waals surface area contributed by atoms with E-state index in [1.54, 1.807) is 18.2 Å². The number of rotatable bonds is 3. The van der Waals surface area contributed by atoms with Gasteiger partial charge in [0.25, 0.3) is 0 Å². The van der Waals surface area contributed by atoms with E-state index in [2.05, 4.69) is 10.5 Å². The fourth-order valence-corrected chi connectivity index (χ4v) is 1.00. The van der Waals surface area contributed by atoms with Crippen molar-refractivity contribution in [3.8, 4) is 11.5 Å². The summed E-state index contributed by atoms with van der Waals surface area (Å²) < 4.78 is 4.91. The summed E-state index contributed by atoms with van der Waals surface area (Å²) in [5.74, 6) is 0.0875.